The van der Waals surface area contributed by atoms with Gasteiger partial charge in [-0.25, -0.2) is 12.1 Å². The van der Waals surface area contributed by atoms with Crippen molar-refractivity contribution < 1.29 is 48.1 Å². The molecule has 0 N–H and O–H groups in total. The second-order valence-electron chi connectivity index (χ2n) is 6.73. The molecule has 0 heterocycles. The van der Waals surface area contributed by atoms with E-state index in [1.54, 1.807) is 23.3 Å². The molecule has 0 aliphatic heterocycles. The minimum Gasteiger partial charge on any atom is -1.00 e. The van der Waals surface area contributed by atoms with E-state index >= 15 is 0 Å². The molecule has 0 spiro atoms. The van der Waals surface area contributed by atoms with Crippen molar-refractivity contribution in [2.24, 2.45) is 0 Å². The summed E-state index contributed by atoms with van der Waals surface area (Å²) in [4.78, 5) is 0. The molecule has 148 valence electrons. The second kappa shape index (κ2) is 14.5. The first-order valence-corrected chi connectivity index (χ1v) is 15.6. The first kappa shape index (κ1) is 27.5. The molecule has 0 bridgehead atoms. The third-order valence-corrected chi connectivity index (χ3v) is 4.32. The second-order valence-corrected chi connectivity index (χ2v) is 16.1. The molecule has 0 fully saturated rings. The van der Waals surface area contributed by atoms with Crippen LogP contribution in [0.4, 0.5) is 0 Å². The Morgan fingerprint density at radius 3 is 1.96 bits per heavy atom. The summed E-state index contributed by atoms with van der Waals surface area (Å²) in [5.74, 6) is 0. The van der Waals surface area contributed by atoms with Gasteiger partial charge < -0.3 is 24.8 Å². The molecule has 0 aromatic heterocycles. The van der Waals surface area contributed by atoms with Crippen LogP contribution >= 0.6 is 0 Å². The van der Waals surface area contributed by atoms with Crippen molar-refractivity contribution in [3.8, 4) is 11.1 Å². The zero-order valence-electron chi connectivity index (χ0n) is 17.2. The molecule has 1 aliphatic carbocycles. The van der Waals surface area contributed by atoms with Crippen molar-refractivity contribution in [3.63, 3.8) is 0 Å². The van der Waals surface area contributed by atoms with Crippen LogP contribution < -0.4 is 24.8 Å². The molecular weight excluding hydrogens is 478 g/mol. The Labute approximate surface area is 198 Å². The van der Waals surface area contributed by atoms with E-state index in [0.29, 0.717) is 0 Å². The van der Waals surface area contributed by atoms with E-state index in [-0.39, 0.29) is 30.2 Å². The molecule has 0 radical (unpaired) electrons. The van der Waals surface area contributed by atoms with Crippen molar-refractivity contribution in [3.05, 3.63) is 89.0 Å². The van der Waals surface area contributed by atoms with E-state index in [2.05, 4.69) is 87.6 Å². The van der Waals surface area contributed by atoms with Gasteiger partial charge in [0.2, 0.25) is 0 Å². The number of rotatable bonds is 2. The van der Waals surface area contributed by atoms with Gasteiger partial charge in [0.05, 0.1) is 0 Å². The summed E-state index contributed by atoms with van der Waals surface area (Å²) >= 11 is 1.74. The fraction of sp³-hybridized carbons (Fsp3) is 0.292. The zero-order valence-corrected chi connectivity index (χ0v) is 22.1. The monoisotopic (exact) mass is 504 g/mol. The van der Waals surface area contributed by atoms with Crippen LogP contribution in [0.25, 0.3) is 11.1 Å². The number of hydrogen-bond acceptors (Lipinski definition) is 0. The molecule has 4 rings (SSSR count). The van der Waals surface area contributed by atoms with Crippen LogP contribution in [0.15, 0.2) is 60.7 Å². The summed E-state index contributed by atoms with van der Waals surface area (Å²) in [6, 6.07) is 24.8. The van der Waals surface area contributed by atoms with E-state index in [0.717, 1.165) is 6.42 Å². The normalized spacial score (nSPS) is 9.93. The Kier molecular flexibility index (Phi) is 14.2. The Morgan fingerprint density at radius 1 is 0.893 bits per heavy atom. The van der Waals surface area contributed by atoms with Crippen LogP contribution in [0, 0.1) is 6.07 Å². The SMILES string of the molecule is CCc1ccc(CC)[cH-]1.C[Si](C)=[Zr+2].[Cl-].[Cl-].[c-]1cccc2c1Cc1ccccc1-2. The van der Waals surface area contributed by atoms with E-state index in [1.165, 1.54) is 46.2 Å². The molecule has 0 nitrogen and oxygen atoms in total. The minimum absolute atomic E-state index is 0. The van der Waals surface area contributed by atoms with Gasteiger partial charge in [-0.15, -0.1) is 5.56 Å². The Hall–Kier alpha value is -0.530. The van der Waals surface area contributed by atoms with Crippen LogP contribution in [0.5, 0.6) is 0 Å². The summed E-state index contributed by atoms with van der Waals surface area (Å²) < 4.78 is 0. The van der Waals surface area contributed by atoms with Crippen LogP contribution in [0.2, 0.25) is 13.1 Å². The van der Waals surface area contributed by atoms with Crippen molar-refractivity contribution >= 4 is 5.43 Å². The predicted octanol–water partition coefficient (Wildman–Crippen LogP) is 0.381. The van der Waals surface area contributed by atoms with Crippen LogP contribution in [-0.4, -0.2) is 5.43 Å². The summed E-state index contributed by atoms with van der Waals surface area (Å²) in [5, 5.41) is 0. The van der Waals surface area contributed by atoms with Gasteiger partial charge in [0.15, 0.2) is 0 Å². The maximum absolute atomic E-state index is 3.30. The van der Waals surface area contributed by atoms with E-state index in [1.807, 2.05) is 6.07 Å². The van der Waals surface area contributed by atoms with Gasteiger partial charge in [0.25, 0.3) is 0 Å². The molecular formula is C24H28Cl2SiZr-2. The van der Waals surface area contributed by atoms with Crippen molar-refractivity contribution in [2.45, 2.75) is 46.2 Å². The largest absolute Gasteiger partial charge is 1.00 e. The number of aryl methyl sites for hydroxylation is 2. The average Bonchev–Trinajstić information content (AvgIpc) is 3.26. The van der Waals surface area contributed by atoms with Gasteiger partial charge in [-0.1, -0.05) is 62.1 Å². The Balaban J connectivity index is 0.000000432. The number of halogens is 2. The summed E-state index contributed by atoms with van der Waals surface area (Å²) in [6.07, 6.45) is 3.38. The van der Waals surface area contributed by atoms with Crippen LogP contribution in [-0.2, 0) is 42.6 Å². The fourth-order valence-corrected chi connectivity index (χ4v) is 2.99. The average molecular weight is 507 g/mol. The van der Waals surface area contributed by atoms with Gasteiger partial charge >= 0.3 is 41.9 Å². The van der Waals surface area contributed by atoms with Crippen LogP contribution in [0.1, 0.15) is 36.1 Å². The van der Waals surface area contributed by atoms with Crippen molar-refractivity contribution in [1.82, 2.24) is 0 Å². The van der Waals surface area contributed by atoms with Crippen molar-refractivity contribution in [1.29, 1.82) is 0 Å². The first-order chi connectivity index (χ1) is 12.5. The van der Waals surface area contributed by atoms with Gasteiger partial charge in [-0.05, 0) is 6.42 Å². The van der Waals surface area contributed by atoms with Gasteiger partial charge in [-0.3, -0.25) is 0 Å². The maximum atomic E-state index is 3.30. The van der Waals surface area contributed by atoms with Gasteiger partial charge in [0.1, 0.15) is 0 Å². The number of benzene rings is 2. The van der Waals surface area contributed by atoms with E-state index < -0.39 is 0 Å². The molecule has 0 unspecified atom stereocenters. The van der Waals surface area contributed by atoms with E-state index in [4.69, 9.17) is 0 Å². The van der Waals surface area contributed by atoms with Crippen molar-refractivity contribution in [2.75, 3.05) is 0 Å². The molecule has 3 aromatic carbocycles. The molecule has 1 aliphatic rings. The number of hydrogen-bond donors (Lipinski definition) is 0. The molecule has 0 atom stereocenters. The third-order valence-electron chi connectivity index (χ3n) is 4.32. The number of fused-ring (bicyclic) bond motifs is 3. The zero-order chi connectivity index (χ0) is 18.9. The smallest absolute Gasteiger partial charge is 0.0253 e. The predicted molar refractivity (Wildman–Crippen MR) is 112 cm³/mol. The molecule has 0 amide bonds. The third kappa shape index (κ3) is 8.46. The summed E-state index contributed by atoms with van der Waals surface area (Å²) in [6.45, 7) is 9.00. The molecule has 28 heavy (non-hydrogen) atoms. The first-order valence-electron chi connectivity index (χ1n) is 9.39. The summed E-state index contributed by atoms with van der Waals surface area (Å²) in [5.41, 5.74) is 8.65. The molecule has 0 saturated heterocycles. The fourth-order valence-electron chi connectivity index (χ4n) is 2.99. The molecule has 4 heteroatoms. The summed E-state index contributed by atoms with van der Waals surface area (Å²) in [7, 11) is 0. The van der Waals surface area contributed by atoms with Gasteiger partial charge in [0, 0.05) is 0 Å². The van der Waals surface area contributed by atoms with Crippen LogP contribution in [0.3, 0.4) is 0 Å². The Bertz CT molecular complexity index is 789. The van der Waals surface area contributed by atoms with E-state index in [9.17, 15) is 0 Å². The topological polar surface area (TPSA) is 0 Å². The molecule has 0 saturated carbocycles. The minimum atomic E-state index is 0. The van der Waals surface area contributed by atoms with Gasteiger partial charge in [-0.2, -0.15) is 47.0 Å². The molecule has 3 aromatic rings. The standard InChI is InChI=1S/C13H9.C9H13.C2H6Si.2ClH.Zr/c1-3-7-12-10(5-1)9-11-6-2-4-8-13(11)12;1-3-8-5-6-9(4-2)7-8;1-3-2;;;/h1-5,7-8H,9H2;5-7H,3-4H2,1-2H3;1-2H3;2*1H;/q2*-1;;;;+2/p-2. The maximum Gasteiger partial charge on any atom is -0.0253 e. The quantitative estimate of drug-likeness (QED) is 0.273. The Morgan fingerprint density at radius 2 is 1.43 bits per heavy atom.